The lowest BCUT2D eigenvalue weighted by Crippen LogP contribution is -2.80. The molecule has 4 nitrogen and oxygen atoms in total. The largest absolute Gasteiger partial charge is 0.368 e. The lowest BCUT2D eigenvalue weighted by molar-refractivity contribution is 0.527. The molecule has 0 fully saturated rings. The highest BCUT2D eigenvalue weighted by molar-refractivity contribution is 6.76. The van der Waals surface area contributed by atoms with Gasteiger partial charge in [0.05, 0.1) is 0 Å². The van der Waals surface area contributed by atoms with Crippen molar-refractivity contribution in [2.45, 2.75) is 39.5 Å². The van der Waals surface area contributed by atoms with Gasteiger partial charge in [-0.15, -0.1) is 0 Å². The Bertz CT molecular complexity index is 198. The predicted molar refractivity (Wildman–Crippen MR) is 83.0 cm³/mol. The van der Waals surface area contributed by atoms with Gasteiger partial charge in [0.25, 0.3) is 0 Å². The van der Waals surface area contributed by atoms with Crippen molar-refractivity contribution in [3.05, 3.63) is 0 Å². The van der Waals surface area contributed by atoms with E-state index < -0.39 is 16.8 Å². The van der Waals surface area contributed by atoms with E-state index in [1.54, 1.807) is 0 Å². The molecular formula is C11H32N4Si2. The molecule has 0 unspecified atom stereocenters. The highest BCUT2D eigenvalue weighted by Crippen LogP contribution is 2.07. The van der Waals surface area contributed by atoms with Gasteiger partial charge in [-0.05, 0) is 39.8 Å². The molecule has 0 amide bonds. The fourth-order valence-corrected chi connectivity index (χ4v) is 5.75. The van der Waals surface area contributed by atoms with Gasteiger partial charge in [0.2, 0.25) is 0 Å². The zero-order chi connectivity index (χ0) is 13.5. The van der Waals surface area contributed by atoms with Gasteiger partial charge in [-0.3, -0.25) is 4.57 Å². The number of nitrogens with zero attached hydrogens (tertiary/aromatic N) is 1. The van der Waals surface area contributed by atoms with E-state index in [1.165, 1.54) is 6.04 Å². The van der Waals surface area contributed by atoms with Crippen molar-refractivity contribution in [1.82, 2.24) is 19.5 Å². The van der Waals surface area contributed by atoms with Crippen LogP contribution in [0.1, 0.15) is 13.8 Å². The fraction of sp³-hybridized carbons (Fsp3) is 1.00. The normalized spacial score (nSPS) is 13.4. The van der Waals surface area contributed by atoms with Crippen molar-refractivity contribution < 1.29 is 0 Å². The molecule has 17 heavy (non-hydrogen) atoms. The summed E-state index contributed by atoms with van der Waals surface area (Å²) in [5, 5.41) is 0. The molecule has 0 aromatic rings. The lowest BCUT2D eigenvalue weighted by atomic mass is 10.8. The van der Waals surface area contributed by atoms with E-state index in [1.807, 2.05) is 0 Å². The van der Waals surface area contributed by atoms with Crippen molar-refractivity contribution in [3.8, 4) is 0 Å². The Morgan fingerprint density at radius 3 is 1.65 bits per heavy atom. The van der Waals surface area contributed by atoms with E-state index >= 15 is 0 Å². The van der Waals surface area contributed by atoms with Crippen LogP contribution in [0, 0.1) is 0 Å². The van der Waals surface area contributed by atoms with E-state index in [2.05, 4.69) is 67.1 Å². The van der Waals surface area contributed by atoms with E-state index in [4.69, 9.17) is 0 Å². The Kier molecular flexibility index (Phi) is 7.78. The van der Waals surface area contributed by atoms with Gasteiger partial charge in [-0.1, -0.05) is 33.5 Å². The summed E-state index contributed by atoms with van der Waals surface area (Å²) in [7, 11) is 1.48. The van der Waals surface area contributed by atoms with Crippen molar-refractivity contribution >= 4 is 16.8 Å². The summed E-state index contributed by atoms with van der Waals surface area (Å²) in [4.78, 5) is 11.0. The maximum atomic E-state index is 3.77. The van der Waals surface area contributed by atoms with Crippen LogP contribution < -0.4 is 14.9 Å². The predicted octanol–water partition coefficient (Wildman–Crippen LogP) is 1.13. The Morgan fingerprint density at radius 1 is 0.882 bits per heavy atom. The van der Waals surface area contributed by atoms with Gasteiger partial charge in [0.1, 0.15) is 0 Å². The molecule has 0 saturated heterocycles. The molecule has 0 spiro atoms. The minimum atomic E-state index is -1.87. The lowest BCUT2D eigenvalue weighted by Gasteiger charge is -2.38. The highest BCUT2D eigenvalue weighted by Gasteiger charge is 2.36. The van der Waals surface area contributed by atoms with Crippen LogP contribution in [-0.4, -0.2) is 55.1 Å². The van der Waals surface area contributed by atoms with Crippen LogP contribution in [-0.2, 0) is 0 Å². The van der Waals surface area contributed by atoms with E-state index in [-0.39, 0.29) is 0 Å². The Morgan fingerprint density at radius 2 is 1.35 bits per heavy atom. The molecule has 0 aliphatic carbocycles. The molecule has 3 N–H and O–H groups in total. The molecule has 6 heteroatoms. The third-order valence-corrected chi connectivity index (χ3v) is 8.38. The minimum Gasteiger partial charge on any atom is -0.301 e. The number of hydrogen-bond donors (Lipinski definition) is 3. The zero-order valence-electron chi connectivity index (χ0n) is 12.8. The first-order valence-corrected chi connectivity index (χ1v) is 12.4. The first-order chi connectivity index (χ1) is 7.77. The fourth-order valence-electron chi connectivity index (χ4n) is 1.79. The molecule has 0 heterocycles. The van der Waals surface area contributed by atoms with E-state index in [0.29, 0.717) is 0 Å². The smallest absolute Gasteiger partial charge is 0.301 e. The van der Waals surface area contributed by atoms with Gasteiger partial charge >= 0.3 is 8.72 Å². The number of nitrogens with one attached hydrogen (secondary N) is 3. The van der Waals surface area contributed by atoms with Gasteiger partial charge in [-0.25, -0.2) is 0 Å². The average Bonchev–Trinajstić information content (AvgIpc) is 2.15. The minimum absolute atomic E-state index is 0.952. The summed E-state index contributed by atoms with van der Waals surface area (Å²) < 4.78 is 2.31. The van der Waals surface area contributed by atoms with Gasteiger partial charge in [0.15, 0.2) is 0 Å². The second kappa shape index (κ2) is 7.65. The summed E-state index contributed by atoms with van der Waals surface area (Å²) in [5.74, 6) is 0. The number of rotatable bonds is 9. The molecule has 0 saturated carbocycles. The first-order valence-electron chi connectivity index (χ1n) is 6.70. The third-order valence-electron chi connectivity index (χ3n) is 2.79. The average molecular weight is 277 g/mol. The second-order valence-electron chi connectivity index (χ2n) is 5.90. The van der Waals surface area contributed by atoms with Crippen molar-refractivity contribution in [2.75, 3.05) is 33.7 Å². The SMILES string of the molecule is CCN[Si](NCC)(NCC[Si](C)(C)C)N(C)C. The summed E-state index contributed by atoms with van der Waals surface area (Å²) in [6, 6.07) is 1.33. The summed E-state index contributed by atoms with van der Waals surface area (Å²) in [6.07, 6.45) is 0. The zero-order valence-corrected chi connectivity index (χ0v) is 14.8. The van der Waals surface area contributed by atoms with Crippen molar-refractivity contribution in [3.63, 3.8) is 0 Å². The standard InChI is InChI=1S/C11H32N4Si2/c1-8-12-17(13-9-2,15(3)4)14-10-11-16(5,6)7/h12-14H,8-11H2,1-7H3. The monoisotopic (exact) mass is 276 g/mol. The van der Waals surface area contributed by atoms with Crippen LogP contribution in [0.25, 0.3) is 0 Å². The van der Waals surface area contributed by atoms with Crippen LogP contribution in [0.4, 0.5) is 0 Å². The van der Waals surface area contributed by atoms with Crippen molar-refractivity contribution in [1.29, 1.82) is 0 Å². The molecule has 0 aliphatic rings. The Hall–Kier alpha value is 0.274. The Balaban J connectivity index is 4.45. The van der Waals surface area contributed by atoms with E-state index in [0.717, 1.165) is 19.6 Å². The van der Waals surface area contributed by atoms with Crippen LogP contribution in [0.2, 0.25) is 25.7 Å². The maximum Gasteiger partial charge on any atom is 0.368 e. The summed E-state index contributed by atoms with van der Waals surface area (Å²) >= 11 is 0. The van der Waals surface area contributed by atoms with Crippen LogP contribution in [0.15, 0.2) is 0 Å². The summed E-state index contributed by atoms with van der Waals surface area (Å²) in [5.41, 5.74) is 0. The van der Waals surface area contributed by atoms with Gasteiger partial charge < -0.3 is 14.9 Å². The molecular weight excluding hydrogens is 244 g/mol. The maximum absolute atomic E-state index is 3.77. The van der Waals surface area contributed by atoms with Crippen LogP contribution in [0.5, 0.6) is 0 Å². The molecule has 0 atom stereocenters. The first kappa shape index (κ1) is 17.3. The number of hydrogen-bond acceptors (Lipinski definition) is 4. The molecule has 0 bridgehead atoms. The topological polar surface area (TPSA) is 39.3 Å². The molecule has 0 aromatic heterocycles. The second-order valence-corrected chi connectivity index (χ2v) is 14.9. The Labute approximate surface area is 110 Å². The van der Waals surface area contributed by atoms with Crippen LogP contribution in [0.3, 0.4) is 0 Å². The van der Waals surface area contributed by atoms with E-state index in [9.17, 15) is 0 Å². The molecule has 104 valence electrons. The summed E-state index contributed by atoms with van der Waals surface area (Å²) in [6.45, 7) is 14.7. The molecule has 0 radical (unpaired) electrons. The van der Waals surface area contributed by atoms with Gasteiger partial charge in [0, 0.05) is 8.07 Å². The molecule has 0 aromatic carbocycles. The highest BCUT2D eigenvalue weighted by atomic mass is 28.4. The molecule has 0 rings (SSSR count). The van der Waals surface area contributed by atoms with Crippen molar-refractivity contribution in [2.24, 2.45) is 0 Å². The third kappa shape index (κ3) is 6.68. The van der Waals surface area contributed by atoms with Gasteiger partial charge in [-0.2, -0.15) is 0 Å². The quantitative estimate of drug-likeness (QED) is 0.552. The van der Waals surface area contributed by atoms with Crippen LogP contribution >= 0.6 is 0 Å². The molecule has 0 aliphatic heterocycles.